The Balaban J connectivity index is 2.05. The summed E-state index contributed by atoms with van der Waals surface area (Å²) >= 11 is 1.52. The highest BCUT2D eigenvalue weighted by Gasteiger charge is 2.44. The Morgan fingerprint density at radius 3 is 2.87 bits per heavy atom. The molecule has 0 radical (unpaired) electrons. The molecule has 10 heteroatoms. The SMILES string of the molecule is CNc1nc(C#N)nc2c1ncn2[C@@H]1O[C@H](CSC)[C@@H](O)[C@H]1O. The van der Waals surface area contributed by atoms with E-state index in [0.29, 0.717) is 22.7 Å². The highest BCUT2D eigenvalue weighted by atomic mass is 32.2. The van der Waals surface area contributed by atoms with Gasteiger partial charge in [0.05, 0.1) is 12.4 Å². The molecule has 1 aliphatic rings. The van der Waals surface area contributed by atoms with Crippen molar-refractivity contribution in [3.05, 3.63) is 12.2 Å². The lowest BCUT2D eigenvalue weighted by molar-refractivity contribution is -0.0288. The van der Waals surface area contributed by atoms with Crippen LogP contribution in [0, 0.1) is 11.3 Å². The monoisotopic (exact) mass is 336 g/mol. The zero-order chi connectivity index (χ0) is 16.6. The predicted molar refractivity (Wildman–Crippen MR) is 83.9 cm³/mol. The third-order valence-corrected chi connectivity index (χ3v) is 4.36. The number of hydrogen-bond acceptors (Lipinski definition) is 9. The number of imidazole rings is 1. The van der Waals surface area contributed by atoms with Gasteiger partial charge in [-0.25, -0.2) is 4.98 Å². The molecule has 2 aromatic heterocycles. The molecule has 9 nitrogen and oxygen atoms in total. The number of nitrogens with one attached hydrogen (secondary N) is 1. The Morgan fingerprint density at radius 1 is 1.43 bits per heavy atom. The van der Waals surface area contributed by atoms with Crippen LogP contribution in [0.15, 0.2) is 6.33 Å². The number of fused-ring (bicyclic) bond motifs is 1. The van der Waals surface area contributed by atoms with E-state index in [1.165, 1.54) is 22.7 Å². The van der Waals surface area contributed by atoms with E-state index in [1.54, 1.807) is 7.05 Å². The first-order valence-corrected chi connectivity index (χ1v) is 8.33. The molecule has 0 aliphatic carbocycles. The number of thioether (sulfide) groups is 1. The third-order valence-electron chi connectivity index (χ3n) is 3.70. The fourth-order valence-electron chi connectivity index (χ4n) is 2.59. The molecule has 2 aromatic rings. The normalized spacial score (nSPS) is 27.3. The fraction of sp³-hybridized carbons (Fsp3) is 0.538. The fourth-order valence-corrected chi connectivity index (χ4v) is 3.19. The van der Waals surface area contributed by atoms with Gasteiger partial charge in [-0.15, -0.1) is 0 Å². The summed E-state index contributed by atoms with van der Waals surface area (Å²) in [5.41, 5.74) is 0.826. The van der Waals surface area contributed by atoms with Crippen molar-refractivity contribution < 1.29 is 14.9 Å². The molecule has 1 saturated heterocycles. The average molecular weight is 336 g/mol. The van der Waals surface area contributed by atoms with Crippen LogP contribution < -0.4 is 5.32 Å². The molecule has 0 unspecified atom stereocenters. The molecule has 0 saturated carbocycles. The van der Waals surface area contributed by atoms with E-state index in [1.807, 2.05) is 12.3 Å². The number of nitriles is 1. The van der Waals surface area contributed by atoms with Crippen LogP contribution in [0.1, 0.15) is 12.1 Å². The van der Waals surface area contributed by atoms with Gasteiger partial charge >= 0.3 is 0 Å². The van der Waals surface area contributed by atoms with Crippen molar-refractivity contribution in [2.45, 2.75) is 24.5 Å². The number of hydrogen-bond donors (Lipinski definition) is 3. The number of aliphatic hydroxyl groups excluding tert-OH is 2. The molecule has 0 bridgehead atoms. The van der Waals surface area contributed by atoms with E-state index in [-0.39, 0.29) is 5.82 Å². The zero-order valence-corrected chi connectivity index (χ0v) is 13.4. The highest BCUT2D eigenvalue weighted by molar-refractivity contribution is 7.98. The summed E-state index contributed by atoms with van der Waals surface area (Å²) in [7, 11) is 1.67. The summed E-state index contributed by atoms with van der Waals surface area (Å²) < 4.78 is 7.29. The molecule has 3 rings (SSSR count). The molecule has 122 valence electrons. The van der Waals surface area contributed by atoms with Crippen molar-refractivity contribution in [2.75, 3.05) is 24.4 Å². The van der Waals surface area contributed by atoms with E-state index in [2.05, 4.69) is 20.3 Å². The Morgan fingerprint density at radius 2 is 2.22 bits per heavy atom. The van der Waals surface area contributed by atoms with Crippen LogP contribution in [0.25, 0.3) is 11.2 Å². The van der Waals surface area contributed by atoms with Crippen molar-refractivity contribution in [1.29, 1.82) is 5.26 Å². The molecule has 0 aromatic carbocycles. The second kappa shape index (κ2) is 6.29. The van der Waals surface area contributed by atoms with Gasteiger partial charge in [-0.3, -0.25) is 4.57 Å². The van der Waals surface area contributed by atoms with E-state index >= 15 is 0 Å². The van der Waals surface area contributed by atoms with Crippen LogP contribution in [0.2, 0.25) is 0 Å². The molecule has 0 spiro atoms. The summed E-state index contributed by atoms with van der Waals surface area (Å²) in [6.45, 7) is 0. The van der Waals surface area contributed by atoms with Crippen molar-refractivity contribution in [1.82, 2.24) is 19.5 Å². The Labute approximate surface area is 136 Å². The summed E-state index contributed by atoms with van der Waals surface area (Å²) in [6, 6.07) is 1.89. The molecule has 0 amide bonds. The van der Waals surface area contributed by atoms with Crippen LogP contribution >= 0.6 is 11.8 Å². The zero-order valence-electron chi connectivity index (χ0n) is 12.5. The maximum Gasteiger partial charge on any atom is 0.236 e. The van der Waals surface area contributed by atoms with E-state index < -0.39 is 24.5 Å². The first-order chi connectivity index (χ1) is 11.1. The summed E-state index contributed by atoms with van der Waals surface area (Å²) in [5, 5.41) is 32.3. The van der Waals surface area contributed by atoms with Crippen molar-refractivity contribution in [3.63, 3.8) is 0 Å². The summed E-state index contributed by atoms with van der Waals surface area (Å²) in [5.74, 6) is 0.956. The van der Waals surface area contributed by atoms with Crippen LogP contribution in [0.4, 0.5) is 5.82 Å². The molecular formula is C13H16N6O3S. The van der Waals surface area contributed by atoms with Gasteiger partial charge in [-0.2, -0.15) is 27.0 Å². The number of aromatic nitrogens is 4. The lowest BCUT2D eigenvalue weighted by Crippen LogP contribution is -2.32. The number of rotatable bonds is 4. The molecule has 1 aliphatic heterocycles. The number of ether oxygens (including phenoxy) is 1. The predicted octanol–water partition coefficient (Wildman–Crippen LogP) is -0.278. The van der Waals surface area contributed by atoms with Gasteiger partial charge in [-0.1, -0.05) is 0 Å². The minimum Gasteiger partial charge on any atom is -0.387 e. The maximum absolute atomic E-state index is 10.3. The van der Waals surface area contributed by atoms with Gasteiger partial charge in [0, 0.05) is 12.8 Å². The smallest absolute Gasteiger partial charge is 0.236 e. The molecule has 3 heterocycles. The first-order valence-electron chi connectivity index (χ1n) is 6.93. The van der Waals surface area contributed by atoms with Gasteiger partial charge in [0.1, 0.15) is 18.3 Å². The van der Waals surface area contributed by atoms with Crippen molar-refractivity contribution in [3.8, 4) is 6.07 Å². The molecule has 1 fully saturated rings. The van der Waals surface area contributed by atoms with Crippen LogP contribution in [-0.4, -0.2) is 67.1 Å². The molecule has 3 N–H and O–H groups in total. The third kappa shape index (κ3) is 2.61. The minimum absolute atomic E-state index is 0.0164. The number of anilines is 1. The number of aliphatic hydroxyl groups is 2. The van der Waals surface area contributed by atoms with Crippen molar-refractivity contribution >= 4 is 28.7 Å². The largest absolute Gasteiger partial charge is 0.387 e. The van der Waals surface area contributed by atoms with Gasteiger partial charge in [0.25, 0.3) is 0 Å². The second-order valence-electron chi connectivity index (χ2n) is 5.08. The molecule has 23 heavy (non-hydrogen) atoms. The lowest BCUT2D eigenvalue weighted by Gasteiger charge is -2.16. The van der Waals surface area contributed by atoms with E-state index in [0.717, 1.165) is 0 Å². The van der Waals surface area contributed by atoms with E-state index in [4.69, 9.17) is 10.00 Å². The molecular weight excluding hydrogens is 320 g/mol. The lowest BCUT2D eigenvalue weighted by atomic mass is 10.1. The van der Waals surface area contributed by atoms with Gasteiger partial charge in [0.15, 0.2) is 23.2 Å². The summed E-state index contributed by atoms with van der Waals surface area (Å²) in [4.78, 5) is 12.4. The quantitative estimate of drug-likeness (QED) is 0.690. The number of nitrogens with zero attached hydrogens (tertiary/aromatic N) is 5. The van der Waals surface area contributed by atoms with Crippen molar-refractivity contribution in [2.24, 2.45) is 0 Å². The Kier molecular flexibility index (Phi) is 4.36. The first kappa shape index (κ1) is 15.9. The minimum atomic E-state index is -1.11. The van der Waals surface area contributed by atoms with Gasteiger partial charge in [-0.05, 0) is 6.26 Å². The van der Waals surface area contributed by atoms with Crippen LogP contribution in [0.5, 0.6) is 0 Å². The Hall–Kier alpha value is -1.93. The summed E-state index contributed by atoms with van der Waals surface area (Å²) in [6.07, 6.45) is -0.0481. The standard InChI is InChI=1S/C13H16N6O3S/c1-15-11-8-12(18-7(3-14)17-11)19(5-16-8)13-10(21)9(20)6(22-13)4-23-2/h5-6,9-10,13,20-21H,4H2,1-2H3,(H,15,17,18)/t6-,9-,10-,13-/m1/s1. The van der Waals surface area contributed by atoms with E-state index in [9.17, 15) is 10.2 Å². The maximum atomic E-state index is 10.3. The average Bonchev–Trinajstić information content (AvgIpc) is 3.10. The highest BCUT2D eigenvalue weighted by Crippen LogP contribution is 2.33. The van der Waals surface area contributed by atoms with Gasteiger partial charge in [0.2, 0.25) is 5.82 Å². The molecule has 4 atom stereocenters. The van der Waals surface area contributed by atoms with Crippen LogP contribution in [0.3, 0.4) is 0 Å². The van der Waals surface area contributed by atoms with Gasteiger partial charge < -0.3 is 20.3 Å². The second-order valence-corrected chi connectivity index (χ2v) is 5.99. The Bertz CT molecular complexity index is 760. The topological polar surface area (TPSA) is 129 Å². The van der Waals surface area contributed by atoms with Crippen LogP contribution in [-0.2, 0) is 4.74 Å².